The number of hydrogen-bond donors (Lipinski definition) is 1. The number of aromatic amines is 1. The van der Waals surface area contributed by atoms with E-state index in [0.717, 1.165) is 19.3 Å². The van der Waals surface area contributed by atoms with Gasteiger partial charge in [-0.15, -0.1) is 11.6 Å². The van der Waals surface area contributed by atoms with Crippen LogP contribution in [0.3, 0.4) is 0 Å². The van der Waals surface area contributed by atoms with Crippen molar-refractivity contribution < 1.29 is 8.42 Å². The van der Waals surface area contributed by atoms with Gasteiger partial charge in [-0.3, -0.25) is 5.10 Å². The quantitative estimate of drug-likeness (QED) is 0.812. The molecule has 1 saturated carbocycles. The van der Waals surface area contributed by atoms with E-state index in [4.69, 9.17) is 11.6 Å². The van der Waals surface area contributed by atoms with E-state index < -0.39 is 10.0 Å². The lowest BCUT2D eigenvalue weighted by Crippen LogP contribution is -2.45. The van der Waals surface area contributed by atoms with Gasteiger partial charge < -0.3 is 0 Å². The van der Waals surface area contributed by atoms with Crippen LogP contribution in [0.15, 0.2) is 17.3 Å². The van der Waals surface area contributed by atoms with Crippen LogP contribution in [0.5, 0.6) is 0 Å². The van der Waals surface area contributed by atoms with Crippen LogP contribution < -0.4 is 0 Å². The lowest BCUT2D eigenvalue weighted by Gasteiger charge is -2.35. The minimum Gasteiger partial charge on any atom is -0.266 e. The van der Waals surface area contributed by atoms with Crippen molar-refractivity contribution in [3.63, 3.8) is 0 Å². The molecule has 7 heteroatoms. The molecule has 1 N–H and O–H groups in total. The maximum Gasteiger partial charge on any atom is 0.260 e. The molecular formula is C9H14ClN3O2S. The molecular weight excluding hydrogens is 250 g/mol. The monoisotopic (exact) mass is 263 g/mol. The lowest BCUT2D eigenvalue weighted by atomic mass is 9.93. The summed E-state index contributed by atoms with van der Waals surface area (Å²) < 4.78 is 25.9. The molecule has 16 heavy (non-hydrogen) atoms. The van der Waals surface area contributed by atoms with Crippen LogP contribution in [0.1, 0.15) is 19.3 Å². The van der Waals surface area contributed by atoms with Gasteiger partial charge in [0.15, 0.2) is 5.03 Å². The molecule has 0 aliphatic heterocycles. The number of nitrogens with zero attached hydrogens (tertiary/aromatic N) is 2. The van der Waals surface area contributed by atoms with Gasteiger partial charge in [0.1, 0.15) is 0 Å². The van der Waals surface area contributed by atoms with Crippen molar-refractivity contribution in [2.45, 2.75) is 30.3 Å². The molecule has 90 valence electrons. The molecule has 0 bridgehead atoms. The average molecular weight is 264 g/mol. The van der Waals surface area contributed by atoms with Gasteiger partial charge in [0.2, 0.25) is 0 Å². The highest BCUT2D eigenvalue weighted by Gasteiger charge is 2.34. The van der Waals surface area contributed by atoms with E-state index in [-0.39, 0.29) is 11.1 Å². The van der Waals surface area contributed by atoms with E-state index >= 15 is 0 Å². The highest BCUT2D eigenvalue weighted by molar-refractivity contribution is 7.89. The zero-order valence-corrected chi connectivity index (χ0v) is 10.3. The van der Waals surface area contributed by atoms with Crippen molar-refractivity contribution in [3.8, 4) is 0 Å². The highest BCUT2D eigenvalue weighted by atomic mass is 35.5. The second-order valence-electron chi connectivity index (χ2n) is 3.81. The summed E-state index contributed by atoms with van der Waals surface area (Å²) >= 11 is 5.66. The largest absolute Gasteiger partial charge is 0.266 e. The summed E-state index contributed by atoms with van der Waals surface area (Å²) in [6.45, 7) is 0.355. The van der Waals surface area contributed by atoms with Gasteiger partial charge in [-0.1, -0.05) is 6.42 Å². The Morgan fingerprint density at radius 2 is 2.31 bits per heavy atom. The molecule has 0 amide bonds. The number of H-pyrrole nitrogens is 1. The van der Waals surface area contributed by atoms with E-state index in [1.165, 1.54) is 16.6 Å². The molecule has 1 aromatic rings. The molecule has 1 aliphatic rings. The van der Waals surface area contributed by atoms with Gasteiger partial charge >= 0.3 is 0 Å². The summed E-state index contributed by atoms with van der Waals surface area (Å²) in [7, 11) is -3.45. The minimum atomic E-state index is -3.45. The Morgan fingerprint density at radius 1 is 1.56 bits per heavy atom. The first kappa shape index (κ1) is 11.9. The second-order valence-corrected chi connectivity index (χ2v) is 6.05. The molecule has 0 saturated heterocycles. The Labute approximate surface area is 99.8 Å². The van der Waals surface area contributed by atoms with Crippen molar-refractivity contribution >= 4 is 21.6 Å². The normalized spacial score (nSPS) is 17.6. The summed E-state index contributed by atoms with van der Waals surface area (Å²) in [6, 6.07) is 1.57. The van der Waals surface area contributed by atoms with Gasteiger partial charge in [0.25, 0.3) is 10.0 Å². The molecule has 0 spiro atoms. The fourth-order valence-electron chi connectivity index (χ4n) is 1.77. The summed E-state index contributed by atoms with van der Waals surface area (Å²) in [6.07, 6.45) is 4.36. The Balaban J connectivity index is 2.24. The third kappa shape index (κ3) is 2.09. The summed E-state index contributed by atoms with van der Waals surface area (Å²) in [5.74, 6) is 0.309. The fraction of sp³-hybridized carbons (Fsp3) is 0.667. The van der Waals surface area contributed by atoms with Crippen molar-refractivity contribution in [1.82, 2.24) is 14.5 Å². The Morgan fingerprint density at radius 3 is 2.75 bits per heavy atom. The zero-order valence-electron chi connectivity index (χ0n) is 8.76. The predicted octanol–water partition coefficient (Wildman–Crippen LogP) is 1.19. The van der Waals surface area contributed by atoms with Crippen LogP contribution in [0.4, 0.5) is 0 Å². The third-order valence-corrected chi connectivity index (χ3v) is 4.90. The van der Waals surface area contributed by atoms with Gasteiger partial charge in [-0.25, -0.2) is 8.42 Å². The van der Waals surface area contributed by atoms with Crippen molar-refractivity contribution in [1.29, 1.82) is 0 Å². The number of halogens is 1. The smallest absolute Gasteiger partial charge is 0.260 e. The van der Waals surface area contributed by atoms with Crippen LogP contribution in [0.2, 0.25) is 0 Å². The Kier molecular flexibility index (Phi) is 3.51. The van der Waals surface area contributed by atoms with Gasteiger partial charge in [0.05, 0.1) is 6.20 Å². The van der Waals surface area contributed by atoms with Crippen LogP contribution in [0.25, 0.3) is 0 Å². The first-order valence-corrected chi connectivity index (χ1v) is 7.21. The molecule has 0 atom stereocenters. The Bertz CT molecular complexity index is 428. The minimum absolute atomic E-state index is 0.104. The molecule has 0 aromatic carbocycles. The van der Waals surface area contributed by atoms with Gasteiger partial charge in [0, 0.05) is 18.5 Å². The van der Waals surface area contributed by atoms with Gasteiger partial charge in [-0.2, -0.15) is 9.40 Å². The van der Waals surface area contributed by atoms with E-state index in [0.29, 0.717) is 12.4 Å². The summed E-state index contributed by atoms with van der Waals surface area (Å²) in [4.78, 5) is 0. The summed E-state index contributed by atoms with van der Waals surface area (Å²) in [5, 5.41) is 6.31. The number of alkyl halides is 1. The first-order chi connectivity index (χ1) is 7.66. The molecule has 0 unspecified atom stereocenters. The van der Waals surface area contributed by atoms with Gasteiger partial charge in [-0.05, 0) is 18.9 Å². The van der Waals surface area contributed by atoms with Crippen LogP contribution in [0, 0.1) is 0 Å². The molecule has 0 radical (unpaired) electrons. The van der Waals surface area contributed by atoms with Crippen LogP contribution >= 0.6 is 11.6 Å². The van der Waals surface area contributed by atoms with Crippen LogP contribution in [-0.4, -0.2) is 41.4 Å². The van der Waals surface area contributed by atoms with Crippen LogP contribution in [-0.2, 0) is 10.0 Å². The lowest BCUT2D eigenvalue weighted by molar-refractivity contribution is 0.227. The maximum atomic E-state index is 12.2. The Hall–Kier alpha value is -0.590. The number of rotatable bonds is 5. The first-order valence-electron chi connectivity index (χ1n) is 5.23. The second kappa shape index (κ2) is 4.73. The van der Waals surface area contributed by atoms with E-state index in [2.05, 4.69) is 10.2 Å². The SMILES string of the molecule is O=S(=O)(c1ccn[nH]1)N(CCCl)C1CCC1. The van der Waals surface area contributed by atoms with E-state index in [1.807, 2.05) is 0 Å². The standard InChI is InChI=1S/C9H14ClN3O2S/c10-5-7-13(8-2-1-3-8)16(14,15)9-4-6-11-12-9/h4,6,8H,1-3,5,7H2,(H,11,12). The van der Waals surface area contributed by atoms with Crippen molar-refractivity contribution in [2.75, 3.05) is 12.4 Å². The molecule has 1 fully saturated rings. The van der Waals surface area contributed by atoms with E-state index in [9.17, 15) is 8.42 Å². The number of aromatic nitrogens is 2. The molecule has 5 nitrogen and oxygen atoms in total. The zero-order chi connectivity index (χ0) is 11.6. The molecule has 2 rings (SSSR count). The summed E-state index contributed by atoms with van der Waals surface area (Å²) in [5.41, 5.74) is 0. The highest BCUT2D eigenvalue weighted by Crippen LogP contribution is 2.29. The molecule has 1 heterocycles. The average Bonchev–Trinajstić information content (AvgIpc) is 2.67. The van der Waals surface area contributed by atoms with E-state index in [1.54, 1.807) is 0 Å². The van der Waals surface area contributed by atoms with Crippen molar-refractivity contribution in [3.05, 3.63) is 12.3 Å². The number of hydrogen-bond acceptors (Lipinski definition) is 3. The maximum absolute atomic E-state index is 12.2. The van der Waals surface area contributed by atoms with Crippen molar-refractivity contribution in [2.24, 2.45) is 0 Å². The number of nitrogens with one attached hydrogen (secondary N) is 1. The molecule has 1 aliphatic carbocycles. The molecule has 1 aromatic heterocycles. The third-order valence-electron chi connectivity index (χ3n) is 2.85. The predicted molar refractivity (Wildman–Crippen MR) is 60.8 cm³/mol. The number of sulfonamides is 1. The topological polar surface area (TPSA) is 66.1 Å². The fourth-order valence-corrected chi connectivity index (χ4v) is 3.64.